The molecule has 1 unspecified atom stereocenters. The highest BCUT2D eigenvalue weighted by atomic mass is 35.5. The molecule has 0 bridgehead atoms. The lowest BCUT2D eigenvalue weighted by Gasteiger charge is -2.27. The number of ether oxygens (including phenoxy) is 1. The van der Waals surface area contributed by atoms with Crippen LogP contribution in [0, 0.1) is 0 Å². The van der Waals surface area contributed by atoms with E-state index in [9.17, 15) is 4.79 Å². The Balaban J connectivity index is 2.16. The Morgan fingerprint density at radius 1 is 1.32 bits per heavy atom. The standard InChI is InChI=1S/C15H20ClNO2/c1-19-15(18)14(12-9-5-6-10-13(12)16)17-11-7-3-2-4-8-11/h5-6,9-11,14,17H,2-4,7-8H2,1H3. The van der Waals surface area contributed by atoms with Crippen molar-refractivity contribution in [2.24, 2.45) is 0 Å². The molecule has 0 radical (unpaired) electrons. The topological polar surface area (TPSA) is 38.3 Å². The van der Waals surface area contributed by atoms with Gasteiger partial charge in [-0.2, -0.15) is 0 Å². The summed E-state index contributed by atoms with van der Waals surface area (Å²) in [6.07, 6.45) is 5.94. The highest BCUT2D eigenvalue weighted by Gasteiger charge is 2.27. The van der Waals surface area contributed by atoms with E-state index in [2.05, 4.69) is 5.32 Å². The summed E-state index contributed by atoms with van der Waals surface area (Å²) in [5.74, 6) is -0.279. The summed E-state index contributed by atoms with van der Waals surface area (Å²) in [6, 6.07) is 7.33. The molecule has 3 nitrogen and oxygen atoms in total. The Morgan fingerprint density at radius 2 is 2.00 bits per heavy atom. The molecule has 1 atom stereocenters. The molecule has 1 aliphatic rings. The molecule has 0 aliphatic heterocycles. The molecule has 1 aliphatic carbocycles. The van der Waals surface area contributed by atoms with Crippen molar-refractivity contribution in [1.29, 1.82) is 0 Å². The molecule has 19 heavy (non-hydrogen) atoms. The van der Waals surface area contributed by atoms with Gasteiger partial charge in [0.2, 0.25) is 0 Å². The minimum Gasteiger partial charge on any atom is -0.468 e. The monoisotopic (exact) mass is 281 g/mol. The van der Waals surface area contributed by atoms with Gasteiger partial charge in [0, 0.05) is 11.1 Å². The van der Waals surface area contributed by atoms with Gasteiger partial charge < -0.3 is 4.74 Å². The van der Waals surface area contributed by atoms with E-state index in [4.69, 9.17) is 16.3 Å². The zero-order valence-electron chi connectivity index (χ0n) is 11.2. The summed E-state index contributed by atoms with van der Waals surface area (Å²) in [4.78, 5) is 12.0. The summed E-state index contributed by atoms with van der Waals surface area (Å²) < 4.78 is 4.90. The second-order valence-corrected chi connectivity index (χ2v) is 5.39. The van der Waals surface area contributed by atoms with Crippen LogP contribution in [-0.2, 0) is 9.53 Å². The molecule has 0 aromatic heterocycles. The lowest BCUT2D eigenvalue weighted by molar-refractivity contribution is -0.143. The second kappa shape index (κ2) is 6.92. The second-order valence-electron chi connectivity index (χ2n) is 4.98. The van der Waals surface area contributed by atoms with Crippen LogP contribution in [0.15, 0.2) is 24.3 Å². The Labute approximate surface area is 119 Å². The van der Waals surface area contributed by atoms with Gasteiger partial charge in [0.1, 0.15) is 6.04 Å². The molecular formula is C15H20ClNO2. The number of methoxy groups -OCH3 is 1. The van der Waals surface area contributed by atoms with Crippen LogP contribution < -0.4 is 5.32 Å². The quantitative estimate of drug-likeness (QED) is 0.859. The van der Waals surface area contributed by atoms with Gasteiger partial charge in [0.25, 0.3) is 0 Å². The summed E-state index contributed by atoms with van der Waals surface area (Å²) in [5, 5.41) is 4.00. The SMILES string of the molecule is COC(=O)C(NC1CCCCC1)c1ccccc1Cl. The fourth-order valence-corrected chi connectivity index (χ4v) is 2.86. The van der Waals surface area contributed by atoms with Crippen molar-refractivity contribution in [1.82, 2.24) is 5.32 Å². The van der Waals surface area contributed by atoms with E-state index >= 15 is 0 Å². The predicted octanol–water partition coefficient (Wildman–Crippen LogP) is 3.48. The van der Waals surface area contributed by atoms with Crippen LogP contribution in [0.4, 0.5) is 0 Å². The van der Waals surface area contributed by atoms with Gasteiger partial charge in [0.05, 0.1) is 7.11 Å². The molecule has 0 saturated heterocycles. The average molecular weight is 282 g/mol. The van der Waals surface area contributed by atoms with Crippen molar-refractivity contribution >= 4 is 17.6 Å². The number of benzene rings is 1. The van der Waals surface area contributed by atoms with E-state index in [0.29, 0.717) is 11.1 Å². The summed E-state index contributed by atoms with van der Waals surface area (Å²) >= 11 is 6.19. The van der Waals surface area contributed by atoms with Gasteiger partial charge in [-0.05, 0) is 24.5 Å². The van der Waals surface area contributed by atoms with E-state index < -0.39 is 6.04 Å². The summed E-state index contributed by atoms with van der Waals surface area (Å²) in [5.41, 5.74) is 0.793. The van der Waals surface area contributed by atoms with Crippen molar-refractivity contribution in [3.05, 3.63) is 34.9 Å². The van der Waals surface area contributed by atoms with Crippen molar-refractivity contribution in [3.63, 3.8) is 0 Å². The minimum atomic E-state index is -0.471. The van der Waals surface area contributed by atoms with Crippen LogP contribution in [0.5, 0.6) is 0 Å². The third kappa shape index (κ3) is 3.71. The Hall–Kier alpha value is -1.06. The molecule has 0 spiro atoms. The van der Waals surface area contributed by atoms with Crippen LogP contribution in [0.3, 0.4) is 0 Å². The van der Waals surface area contributed by atoms with Crippen LogP contribution >= 0.6 is 11.6 Å². The molecule has 1 fully saturated rings. The zero-order chi connectivity index (χ0) is 13.7. The molecule has 1 aromatic carbocycles. The van der Waals surface area contributed by atoms with Crippen molar-refractivity contribution in [2.75, 3.05) is 7.11 Å². The first-order chi connectivity index (χ1) is 9.22. The fraction of sp³-hybridized carbons (Fsp3) is 0.533. The van der Waals surface area contributed by atoms with E-state index in [-0.39, 0.29) is 5.97 Å². The van der Waals surface area contributed by atoms with E-state index in [1.54, 1.807) is 6.07 Å². The number of carbonyl (C=O) groups is 1. The zero-order valence-corrected chi connectivity index (χ0v) is 12.0. The van der Waals surface area contributed by atoms with E-state index in [1.807, 2.05) is 18.2 Å². The van der Waals surface area contributed by atoms with Crippen molar-refractivity contribution in [2.45, 2.75) is 44.2 Å². The van der Waals surface area contributed by atoms with Crippen LogP contribution in [0.2, 0.25) is 5.02 Å². The first-order valence-electron chi connectivity index (χ1n) is 6.80. The van der Waals surface area contributed by atoms with Gasteiger partial charge in [-0.25, -0.2) is 4.79 Å². The Morgan fingerprint density at radius 3 is 2.63 bits per heavy atom. The van der Waals surface area contributed by atoms with E-state index in [1.165, 1.54) is 26.4 Å². The molecule has 2 rings (SSSR count). The van der Waals surface area contributed by atoms with Crippen molar-refractivity contribution < 1.29 is 9.53 Å². The third-order valence-electron chi connectivity index (χ3n) is 3.66. The lowest BCUT2D eigenvalue weighted by Crippen LogP contribution is -2.38. The Bertz CT molecular complexity index is 430. The molecule has 104 valence electrons. The number of hydrogen-bond donors (Lipinski definition) is 1. The van der Waals surface area contributed by atoms with Crippen LogP contribution in [-0.4, -0.2) is 19.1 Å². The normalized spacial score (nSPS) is 18.0. The smallest absolute Gasteiger partial charge is 0.327 e. The van der Waals surface area contributed by atoms with Gasteiger partial charge in [0.15, 0.2) is 0 Å². The number of rotatable bonds is 4. The number of carbonyl (C=O) groups excluding carboxylic acids is 1. The molecule has 0 heterocycles. The molecule has 4 heteroatoms. The fourth-order valence-electron chi connectivity index (χ4n) is 2.62. The van der Waals surface area contributed by atoms with Crippen LogP contribution in [0.1, 0.15) is 43.7 Å². The first-order valence-corrected chi connectivity index (χ1v) is 7.18. The number of hydrogen-bond acceptors (Lipinski definition) is 3. The maximum absolute atomic E-state index is 12.0. The maximum Gasteiger partial charge on any atom is 0.327 e. The number of nitrogens with one attached hydrogen (secondary N) is 1. The van der Waals surface area contributed by atoms with Gasteiger partial charge >= 0.3 is 5.97 Å². The highest BCUT2D eigenvalue weighted by Crippen LogP contribution is 2.26. The number of esters is 1. The summed E-state index contributed by atoms with van der Waals surface area (Å²) in [7, 11) is 1.41. The molecule has 1 N–H and O–H groups in total. The highest BCUT2D eigenvalue weighted by molar-refractivity contribution is 6.31. The molecule has 1 saturated carbocycles. The third-order valence-corrected chi connectivity index (χ3v) is 4.00. The van der Waals surface area contributed by atoms with Gasteiger partial charge in [-0.15, -0.1) is 0 Å². The van der Waals surface area contributed by atoms with Crippen molar-refractivity contribution in [3.8, 4) is 0 Å². The predicted molar refractivity (Wildman–Crippen MR) is 76.2 cm³/mol. The van der Waals surface area contributed by atoms with Gasteiger partial charge in [-0.1, -0.05) is 49.1 Å². The van der Waals surface area contributed by atoms with E-state index in [0.717, 1.165) is 18.4 Å². The molecule has 1 aromatic rings. The maximum atomic E-state index is 12.0. The van der Waals surface area contributed by atoms with Gasteiger partial charge in [-0.3, -0.25) is 5.32 Å². The molecular weight excluding hydrogens is 262 g/mol. The summed E-state index contributed by atoms with van der Waals surface area (Å²) in [6.45, 7) is 0. The largest absolute Gasteiger partial charge is 0.468 e. The minimum absolute atomic E-state index is 0.279. The lowest BCUT2D eigenvalue weighted by atomic mass is 9.94. The van der Waals surface area contributed by atoms with Crippen LogP contribution in [0.25, 0.3) is 0 Å². The first kappa shape index (κ1) is 14.4. The molecule has 0 amide bonds. The Kier molecular flexibility index (Phi) is 5.23. The average Bonchev–Trinajstić information content (AvgIpc) is 2.46. The number of halogens is 1.